The number of hydrogen-bond donors (Lipinski definition) is 1. The minimum atomic E-state index is -0.795. The van der Waals surface area contributed by atoms with Gasteiger partial charge in [0, 0.05) is 5.92 Å². The van der Waals surface area contributed by atoms with Gasteiger partial charge in [0.2, 0.25) is 0 Å². The molecular formula is C20H24O3. The fourth-order valence-electron chi connectivity index (χ4n) is 2.50. The summed E-state index contributed by atoms with van der Waals surface area (Å²) in [6.45, 7) is 5.04. The van der Waals surface area contributed by atoms with Crippen molar-refractivity contribution >= 4 is 5.97 Å². The molecule has 0 aliphatic carbocycles. The Morgan fingerprint density at radius 3 is 2.17 bits per heavy atom. The number of rotatable bonds is 8. The Balaban J connectivity index is 2.11. The van der Waals surface area contributed by atoms with Crippen LogP contribution in [0.1, 0.15) is 43.7 Å². The highest BCUT2D eigenvalue weighted by molar-refractivity contribution is 5.69. The summed E-state index contributed by atoms with van der Waals surface area (Å²) in [5.74, 6) is 0.512. The van der Waals surface area contributed by atoms with Crippen LogP contribution in [0.5, 0.6) is 5.75 Å². The zero-order valence-electron chi connectivity index (χ0n) is 13.7. The fourth-order valence-corrected chi connectivity index (χ4v) is 2.50. The van der Waals surface area contributed by atoms with Gasteiger partial charge < -0.3 is 9.84 Å². The average Bonchev–Trinajstić information content (AvgIpc) is 2.54. The van der Waals surface area contributed by atoms with Crippen LogP contribution >= 0.6 is 0 Å². The Kier molecular flexibility index (Phi) is 6.21. The van der Waals surface area contributed by atoms with Gasteiger partial charge in [-0.15, -0.1) is 0 Å². The van der Waals surface area contributed by atoms with E-state index in [4.69, 9.17) is 4.74 Å². The van der Waals surface area contributed by atoms with Crippen molar-refractivity contribution in [2.24, 2.45) is 5.92 Å². The van der Waals surface area contributed by atoms with Crippen LogP contribution in [0.25, 0.3) is 0 Å². The Morgan fingerprint density at radius 2 is 1.61 bits per heavy atom. The van der Waals surface area contributed by atoms with E-state index in [1.165, 1.54) is 0 Å². The molecule has 0 saturated carbocycles. The van der Waals surface area contributed by atoms with Gasteiger partial charge in [-0.3, -0.25) is 4.79 Å². The third-order valence-corrected chi connectivity index (χ3v) is 3.83. The second-order valence-corrected chi connectivity index (χ2v) is 6.16. The van der Waals surface area contributed by atoms with Crippen molar-refractivity contribution < 1.29 is 14.6 Å². The number of carboxylic acids is 1. The van der Waals surface area contributed by atoms with E-state index < -0.39 is 5.97 Å². The summed E-state index contributed by atoms with van der Waals surface area (Å²) >= 11 is 0. The predicted molar refractivity (Wildman–Crippen MR) is 91.9 cm³/mol. The summed E-state index contributed by atoms with van der Waals surface area (Å²) in [4.78, 5) is 11.2. The van der Waals surface area contributed by atoms with Gasteiger partial charge >= 0.3 is 5.97 Å². The Hall–Kier alpha value is -2.29. The molecule has 0 bridgehead atoms. The summed E-state index contributed by atoms with van der Waals surface area (Å²) in [5, 5.41) is 9.20. The lowest BCUT2D eigenvalue weighted by molar-refractivity contribution is -0.137. The molecule has 0 fully saturated rings. The van der Waals surface area contributed by atoms with Crippen LogP contribution in [0, 0.1) is 5.92 Å². The van der Waals surface area contributed by atoms with Gasteiger partial charge in [-0.2, -0.15) is 0 Å². The number of ether oxygens (including phenoxy) is 1. The average molecular weight is 312 g/mol. The zero-order valence-corrected chi connectivity index (χ0v) is 13.7. The summed E-state index contributed by atoms with van der Waals surface area (Å²) in [5.41, 5.74) is 2.01. The summed E-state index contributed by atoms with van der Waals surface area (Å²) in [6.07, 6.45) is 1.10. The molecule has 23 heavy (non-hydrogen) atoms. The third kappa shape index (κ3) is 5.44. The van der Waals surface area contributed by atoms with E-state index in [1.807, 2.05) is 54.6 Å². The van der Waals surface area contributed by atoms with Crippen LogP contribution < -0.4 is 4.74 Å². The summed E-state index contributed by atoms with van der Waals surface area (Å²) in [7, 11) is 0. The molecule has 0 aromatic heterocycles. The van der Waals surface area contributed by atoms with E-state index in [2.05, 4.69) is 13.8 Å². The van der Waals surface area contributed by atoms with Gasteiger partial charge in [-0.05, 0) is 35.6 Å². The molecule has 2 aromatic carbocycles. The van der Waals surface area contributed by atoms with E-state index >= 15 is 0 Å². The largest absolute Gasteiger partial charge is 0.494 e. The van der Waals surface area contributed by atoms with E-state index in [1.54, 1.807) is 0 Å². The topological polar surface area (TPSA) is 46.5 Å². The van der Waals surface area contributed by atoms with Gasteiger partial charge in [0.05, 0.1) is 13.0 Å². The van der Waals surface area contributed by atoms with Crippen LogP contribution in [0.2, 0.25) is 0 Å². The molecule has 3 nitrogen and oxygen atoms in total. The number of benzene rings is 2. The lowest BCUT2D eigenvalue weighted by Crippen LogP contribution is -2.08. The van der Waals surface area contributed by atoms with Crippen molar-refractivity contribution in [3.05, 3.63) is 65.7 Å². The lowest BCUT2D eigenvalue weighted by Gasteiger charge is -2.16. The Labute approximate surface area is 137 Å². The zero-order chi connectivity index (χ0) is 16.7. The molecule has 0 aliphatic rings. The maximum atomic E-state index is 11.2. The van der Waals surface area contributed by atoms with Gasteiger partial charge in [0.25, 0.3) is 0 Å². The molecule has 0 amide bonds. The first-order valence-corrected chi connectivity index (χ1v) is 8.05. The molecule has 0 spiro atoms. The molecule has 2 aromatic rings. The van der Waals surface area contributed by atoms with E-state index in [-0.39, 0.29) is 12.3 Å². The van der Waals surface area contributed by atoms with Crippen molar-refractivity contribution in [3.63, 3.8) is 0 Å². The molecule has 0 radical (unpaired) electrons. The minimum absolute atomic E-state index is 0.0809. The molecule has 0 heterocycles. The number of aliphatic carboxylic acids is 1. The summed E-state index contributed by atoms with van der Waals surface area (Å²) in [6, 6.07) is 17.5. The fraction of sp³-hybridized carbons (Fsp3) is 0.350. The SMILES string of the molecule is CC(C)CCOc1ccc([C@H](CC(=O)O)c2ccccc2)cc1. The highest BCUT2D eigenvalue weighted by Crippen LogP contribution is 2.29. The maximum Gasteiger partial charge on any atom is 0.304 e. The van der Waals surface area contributed by atoms with E-state index in [9.17, 15) is 9.90 Å². The molecule has 2 rings (SSSR count). The van der Waals surface area contributed by atoms with Crippen molar-refractivity contribution in [1.29, 1.82) is 0 Å². The first kappa shape index (κ1) is 17.1. The van der Waals surface area contributed by atoms with Crippen molar-refractivity contribution in [3.8, 4) is 5.75 Å². The smallest absolute Gasteiger partial charge is 0.304 e. The monoisotopic (exact) mass is 312 g/mol. The quantitative estimate of drug-likeness (QED) is 0.767. The second kappa shape index (κ2) is 8.37. The van der Waals surface area contributed by atoms with Crippen LogP contribution in [-0.2, 0) is 4.79 Å². The standard InChI is InChI=1S/C20H24O3/c1-15(2)12-13-23-18-10-8-17(9-11-18)19(14-20(21)22)16-6-4-3-5-7-16/h3-11,15,19H,12-14H2,1-2H3,(H,21,22)/t19-/m1/s1. The van der Waals surface area contributed by atoms with Crippen LogP contribution in [0.3, 0.4) is 0 Å². The highest BCUT2D eigenvalue weighted by atomic mass is 16.5. The molecule has 0 aliphatic heterocycles. The second-order valence-electron chi connectivity index (χ2n) is 6.16. The van der Waals surface area contributed by atoms with E-state index in [0.717, 1.165) is 23.3 Å². The van der Waals surface area contributed by atoms with Crippen LogP contribution in [-0.4, -0.2) is 17.7 Å². The Morgan fingerprint density at radius 1 is 1.00 bits per heavy atom. The minimum Gasteiger partial charge on any atom is -0.494 e. The van der Waals surface area contributed by atoms with Crippen molar-refractivity contribution in [1.82, 2.24) is 0 Å². The van der Waals surface area contributed by atoms with Crippen LogP contribution in [0.4, 0.5) is 0 Å². The Bertz CT molecular complexity index is 603. The van der Waals surface area contributed by atoms with Gasteiger partial charge in [0.15, 0.2) is 0 Å². The third-order valence-electron chi connectivity index (χ3n) is 3.83. The van der Waals surface area contributed by atoms with Crippen LogP contribution in [0.15, 0.2) is 54.6 Å². The normalized spacial score (nSPS) is 12.1. The molecule has 3 heteroatoms. The molecule has 1 atom stereocenters. The molecular weight excluding hydrogens is 288 g/mol. The van der Waals surface area contributed by atoms with Gasteiger partial charge in [-0.1, -0.05) is 56.3 Å². The van der Waals surface area contributed by atoms with Crippen molar-refractivity contribution in [2.45, 2.75) is 32.6 Å². The molecule has 0 unspecified atom stereocenters. The van der Waals surface area contributed by atoms with Gasteiger partial charge in [-0.25, -0.2) is 0 Å². The highest BCUT2D eigenvalue weighted by Gasteiger charge is 2.17. The first-order chi connectivity index (χ1) is 11.1. The molecule has 122 valence electrons. The predicted octanol–water partition coefficient (Wildman–Crippen LogP) is 4.72. The summed E-state index contributed by atoms with van der Waals surface area (Å²) < 4.78 is 5.72. The first-order valence-electron chi connectivity index (χ1n) is 8.05. The van der Waals surface area contributed by atoms with E-state index in [0.29, 0.717) is 12.5 Å². The number of carboxylic acid groups (broad SMARTS) is 1. The lowest BCUT2D eigenvalue weighted by atomic mass is 9.88. The molecule has 0 saturated heterocycles. The van der Waals surface area contributed by atoms with Gasteiger partial charge in [0.1, 0.15) is 5.75 Å². The molecule has 1 N–H and O–H groups in total. The van der Waals surface area contributed by atoms with Crippen molar-refractivity contribution in [2.75, 3.05) is 6.61 Å². The number of carbonyl (C=O) groups is 1. The maximum absolute atomic E-state index is 11.2. The number of hydrogen-bond acceptors (Lipinski definition) is 2.